The van der Waals surface area contributed by atoms with E-state index in [0.717, 1.165) is 12.0 Å². The fraction of sp³-hybridized carbons (Fsp3) is 0.185. The van der Waals surface area contributed by atoms with Crippen molar-refractivity contribution >= 4 is 29.2 Å². The van der Waals surface area contributed by atoms with Gasteiger partial charge < -0.3 is 10.4 Å². The van der Waals surface area contributed by atoms with Crippen LogP contribution >= 0.6 is 0 Å². The van der Waals surface area contributed by atoms with Crippen molar-refractivity contribution in [1.29, 1.82) is 0 Å². The summed E-state index contributed by atoms with van der Waals surface area (Å²) in [4.78, 5) is 24.3. The molecule has 2 aromatic rings. The summed E-state index contributed by atoms with van der Waals surface area (Å²) in [6, 6.07) is 12.9. The molecule has 0 fully saturated rings. The van der Waals surface area contributed by atoms with E-state index >= 15 is 0 Å². The molecule has 0 radical (unpaired) electrons. The highest BCUT2D eigenvalue weighted by Gasteiger charge is 2.16. The molecule has 4 nitrogen and oxygen atoms in total. The van der Waals surface area contributed by atoms with Crippen LogP contribution in [0.5, 0.6) is 0 Å². The van der Waals surface area contributed by atoms with Crippen molar-refractivity contribution in [3.8, 4) is 0 Å². The number of fused-ring (bicyclic) bond motifs is 1. The predicted molar refractivity (Wildman–Crippen MR) is 125 cm³/mol. The maximum absolute atomic E-state index is 13.6. The van der Waals surface area contributed by atoms with Crippen molar-refractivity contribution in [1.82, 2.24) is 0 Å². The van der Waals surface area contributed by atoms with Crippen molar-refractivity contribution in [2.24, 2.45) is 0 Å². The number of carboxylic acid groups (broad SMARTS) is 1. The van der Waals surface area contributed by atoms with E-state index in [9.17, 15) is 19.1 Å². The van der Waals surface area contributed by atoms with Crippen molar-refractivity contribution < 1.29 is 19.1 Å². The summed E-state index contributed by atoms with van der Waals surface area (Å²) >= 11 is 0. The lowest BCUT2D eigenvalue weighted by Gasteiger charge is -2.13. The minimum absolute atomic E-state index is 0.0137. The third-order valence-corrected chi connectivity index (χ3v) is 5.67. The van der Waals surface area contributed by atoms with Crippen LogP contribution in [0.4, 0.5) is 10.1 Å². The minimum atomic E-state index is -1.14. The van der Waals surface area contributed by atoms with Gasteiger partial charge in [0.1, 0.15) is 5.83 Å². The maximum atomic E-state index is 13.6. The number of anilines is 1. The van der Waals surface area contributed by atoms with Crippen molar-refractivity contribution in [2.75, 3.05) is 5.32 Å². The SMILES string of the molecule is O=C(CCC1=CCc2ccccc2C=C1)Nc1ccc(C2=CCCC(F)=C2)cc1C(=O)O. The van der Waals surface area contributed by atoms with Crippen molar-refractivity contribution in [3.63, 3.8) is 0 Å². The molecule has 5 heteroatoms. The highest BCUT2D eigenvalue weighted by molar-refractivity contribution is 6.01. The van der Waals surface area contributed by atoms with E-state index in [1.807, 2.05) is 24.3 Å². The molecule has 0 spiro atoms. The van der Waals surface area contributed by atoms with Gasteiger partial charge in [-0.15, -0.1) is 0 Å². The molecule has 2 N–H and O–H groups in total. The molecular formula is C27H24FNO3. The lowest BCUT2D eigenvalue weighted by molar-refractivity contribution is -0.116. The van der Waals surface area contributed by atoms with E-state index in [1.54, 1.807) is 12.1 Å². The summed E-state index contributed by atoms with van der Waals surface area (Å²) in [5.41, 5.74) is 4.99. The number of carbonyl (C=O) groups is 2. The molecule has 162 valence electrons. The van der Waals surface area contributed by atoms with Crippen LogP contribution in [0.15, 0.2) is 78.2 Å². The zero-order chi connectivity index (χ0) is 22.5. The van der Waals surface area contributed by atoms with Crippen LogP contribution in [0.25, 0.3) is 11.6 Å². The van der Waals surface area contributed by atoms with Crippen LogP contribution in [0.1, 0.15) is 52.7 Å². The third kappa shape index (κ3) is 5.11. The van der Waals surface area contributed by atoms with Gasteiger partial charge in [0.05, 0.1) is 11.3 Å². The number of carboxylic acids is 1. The van der Waals surface area contributed by atoms with Crippen LogP contribution in [0.3, 0.4) is 0 Å². The first-order valence-electron chi connectivity index (χ1n) is 10.7. The molecule has 0 heterocycles. The van der Waals surface area contributed by atoms with Gasteiger partial charge >= 0.3 is 5.97 Å². The summed E-state index contributed by atoms with van der Waals surface area (Å²) in [5, 5.41) is 12.3. The van der Waals surface area contributed by atoms with Gasteiger partial charge in [-0.25, -0.2) is 9.18 Å². The van der Waals surface area contributed by atoms with E-state index in [4.69, 9.17) is 0 Å². The average molecular weight is 429 g/mol. The molecule has 0 aliphatic heterocycles. The van der Waals surface area contributed by atoms with Crippen LogP contribution in [-0.2, 0) is 11.2 Å². The number of halogens is 1. The molecule has 1 amide bonds. The Labute approximate surface area is 186 Å². The molecule has 2 aliphatic rings. The van der Waals surface area contributed by atoms with E-state index in [0.29, 0.717) is 30.4 Å². The first-order chi connectivity index (χ1) is 15.5. The number of hydrogen-bond acceptors (Lipinski definition) is 2. The Hall–Kier alpha value is -3.73. The Morgan fingerprint density at radius 3 is 2.72 bits per heavy atom. The van der Waals surface area contributed by atoms with Gasteiger partial charge in [0, 0.05) is 12.8 Å². The summed E-state index contributed by atoms with van der Waals surface area (Å²) < 4.78 is 13.6. The number of benzene rings is 2. The number of rotatable bonds is 6. The van der Waals surface area contributed by atoms with Gasteiger partial charge in [-0.3, -0.25) is 4.79 Å². The predicted octanol–water partition coefficient (Wildman–Crippen LogP) is 6.33. The number of amides is 1. The molecule has 0 saturated carbocycles. The Morgan fingerprint density at radius 2 is 1.91 bits per heavy atom. The molecular weight excluding hydrogens is 405 g/mol. The molecule has 4 rings (SSSR count). The first-order valence-corrected chi connectivity index (χ1v) is 10.7. The second-order valence-corrected chi connectivity index (χ2v) is 7.92. The fourth-order valence-electron chi connectivity index (χ4n) is 3.92. The first kappa shape index (κ1) is 21.5. The molecule has 0 saturated heterocycles. The van der Waals surface area contributed by atoms with Gasteiger partial charge in [-0.2, -0.15) is 0 Å². The smallest absolute Gasteiger partial charge is 0.337 e. The quantitative estimate of drug-likeness (QED) is 0.564. The Bertz CT molecular complexity index is 1190. The van der Waals surface area contributed by atoms with Crippen molar-refractivity contribution in [3.05, 3.63) is 100 Å². The third-order valence-electron chi connectivity index (χ3n) is 5.67. The normalized spacial score (nSPS) is 15.1. The highest BCUT2D eigenvalue weighted by Crippen LogP contribution is 2.29. The lowest BCUT2D eigenvalue weighted by atomic mass is 9.96. The molecule has 0 atom stereocenters. The zero-order valence-corrected chi connectivity index (χ0v) is 17.6. The monoisotopic (exact) mass is 429 g/mol. The molecule has 2 aliphatic carbocycles. The summed E-state index contributed by atoms with van der Waals surface area (Å²) in [6.07, 6.45) is 12.1. The molecule has 2 aromatic carbocycles. The molecule has 0 unspecified atom stereocenters. The van der Waals surface area contributed by atoms with Crippen LogP contribution < -0.4 is 5.32 Å². The van der Waals surface area contributed by atoms with Crippen molar-refractivity contribution in [2.45, 2.75) is 32.1 Å². The summed E-state index contributed by atoms with van der Waals surface area (Å²) in [7, 11) is 0. The second-order valence-electron chi connectivity index (χ2n) is 7.92. The number of hydrogen-bond donors (Lipinski definition) is 2. The van der Waals surface area contributed by atoms with E-state index < -0.39 is 5.97 Å². The number of allylic oxidation sites excluding steroid dienone is 7. The topological polar surface area (TPSA) is 66.4 Å². The minimum Gasteiger partial charge on any atom is -0.478 e. The van der Waals surface area contributed by atoms with Gasteiger partial charge in [-0.05, 0) is 59.7 Å². The Morgan fingerprint density at radius 1 is 1.06 bits per heavy atom. The molecule has 0 aromatic heterocycles. The van der Waals surface area contributed by atoms with E-state index in [1.165, 1.54) is 23.3 Å². The molecule has 32 heavy (non-hydrogen) atoms. The second kappa shape index (κ2) is 9.60. The van der Waals surface area contributed by atoms with Gasteiger partial charge in [0.15, 0.2) is 0 Å². The maximum Gasteiger partial charge on any atom is 0.337 e. The standard InChI is InChI=1S/C27H24FNO3/c28-23-7-3-6-21(16-23)22-13-14-25(24(17-22)27(31)32)29-26(30)15-10-18-8-11-19-4-1-2-5-20(19)12-9-18/h1-2,4-6,8-9,11,13-14,16-17H,3,7,10,12,15H2,(H,29,30)(H,31,32). The van der Waals surface area contributed by atoms with Gasteiger partial charge in [-0.1, -0.05) is 60.2 Å². The van der Waals surface area contributed by atoms with Crippen LogP contribution in [0.2, 0.25) is 0 Å². The largest absolute Gasteiger partial charge is 0.478 e. The average Bonchev–Trinajstić information content (AvgIpc) is 3.00. The Balaban J connectivity index is 1.42. The Kier molecular flexibility index (Phi) is 6.45. The number of nitrogens with one attached hydrogen (secondary N) is 1. The number of aromatic carboxylic acids is 1. The van der Waals surface area contributed by atoms with Gasteiger partial charge in [0.25, 0.3) is 0 Å². The number of carbonyl (C=O) groups excluding carboxylic acids is 1. The van der Waals surface area contributed by atoms with E-state index in [2.05, 4.69) is 29.6 Å². The highest BCUT2D eigenvalue weighted by atomic mass is 19.1. The summed E-state index contributed by atoms with van der Waals surface area (Å²) in [5.74, 6) is -1.61. The summed E-state index contributed by atoms with van der Waals surface area (Å²) in [6.45, 7) is 0. The van der Waals surface area contributed by atoms with E-state index in [-0.39, 0.29) is 29.4 Å². The zero-order valence-electron chi connectivity index (χ0n) is 17.6. The fourth-order valence-corrected chi connectivity index (χ4v) is 3.92. The molecule has 0 bridgehead atoms. The van der Waals surface area contributed by atoms with Gasteiger partial charge in [0.2, 0.25) is 5.91 Å². The van der Waals surface area contributed by atoms with Crippen LogP contribution in [0, 0.1) is 0 Å². The lowest BCUT2D eigenvalue weighted by Crippen LogP contribution is -2.14. The van der Waals surface area contributed by atoms with Crippen LogP contribution in [-0.4, -0.2) is 17.0 Å².